The van der Waals surface area contributed by atoms with E-state index in [1.165, 1.54) is 6.92 Å². The average Bonchev–Trinajstić information content (AvgIpc) is 3.96. The number of amides is 3. The summed E-state index contributed by atoms with van der Waals surface area (Å²) >= 11 is 0. The minimum absolute atomic E-state index is 0.0658. The van der Waals surface area contributed by atoms with E-state index >= 15 is 0 Å². The smallest absolute Gasteiger partial charge is 0.276 e. The van der Waals surface area contributed by atoms with Crippen molar-refractivity contribution in [2.45, 2.75) is 72.6 Å². The zero-order valence-corrected chi connectivity index (χ0v) is 33.7. The van der Waals surface area contributed by atoms with E-state index in [-0.39, 0.29) is 29.7 Å². The van der Waals surface area contributed by atoms with Gasteiger partial charge in [-0.3, -0.25) is 39.2 Å². The highest BCUT2D eigenvalue weighted by Gasteiger charge is 2.32. The second kappa shape index (κ2) is 14.6. The molecule has 2 aliphatic rings. The van der Waals surface area contributed by atoms with Crippen LogP contribution in [-0.2, 0) is 13.1 Å². The van der Waals surface area contributed by atoms with Gasteiger partial charge in [-0.25, -0.2) is 9.97 Å². The molecule has 8 rings (SSSR count). The number of imidazole rings is 2. The maximum absolute atomic E-state index is 13.7. The lowest BCUT2D eigenvalue weighted by atomic mass is 10.0. The average molecular weight is 786 g/mol. The number of nitrogens with zero attached hydrogens (tertiary/aromatic N) is 10. The van der Waals surface area contributed by atoms with Gasteiger partial charge in [-0.05, 0) is 83.9 Å². The lowest BCUT2D eigenvalue weighted by molar-refractivity contribution is 0.0994. The topological polar surface area (TPSA) is 196 Å². The zero-order valence-electron chi connectivity index (χ0n) is 33.7. The van der Waals surface area contributed by atoms with E-state index in [0.717, 1.165) is 33.8 Å². The number of Topliss-reactive ketones (excluding diaryl/α,β-unsaturated/α-hetero) is 1. The van der Waals surface area contributed by atoms with Crippen LogP contribution in [0.15, 0.2) is 48.6 Å². The molecular weight excluding hydrogens is 739 g/mol. The zero-order chi connectivity index (χ0) is 41.2. The highest BCUT2D eigenvalue weighted by Crippen LogP contribution is 2.41. The van der Waals surface area contributed by atoms with Crippen molar-refractivity contribution < 1.29 is 19.2 Å². The SMILES string of the molecule is CCn1nc(C)cc1C(=O)Nc1nc2cc(C(C)=O)cc3c2n1[C@@H](C/C=C/C[C@H]1CN(C)c2cc(C(N)=O)cc4nc(NC(=O)c5cc(C)nn5CC)n1c24)CN3C. The van der Waals surface area contributed by atoms with Crippen LogP contribution in [0.3, 0.4) is 0 Å². The van der Waals surface area contributed by atoms with Crippen LogP contribution in [0.2, 0.25) is 0 Å². The number of carbonyl (C=O) groups excluding carboxylic acids is 4. The van der Waals surface area contributed by atoms with Crippen LogP contribution < -0.4 is 26.2 Å². The molecule has 0 bridgehead atoms. The summed E-state index contributed by atoms with van der Waals surface area (Å²) in [5, 5.41) is 15.0. The normalized spacial score (nSPS) is 16.2. The summed E-state index contributed by atoms with van der Waals surface area (Å²) in [4.78, 5) is 66.2. The molecule has 2 aromatic carbocycles. The molecule has 4 N–H and O–H groups in total. The van der Waals surface area contributed by atoms with Crippen LogP contribution in [0.4, 0.5) is 23.3 Å². The summed E-state index contributed by atoms with van der Waals surface area (Å²) in [6.45, 7) is 11.3. The predicted molar refractivity (Wildman–Crippen MR) is 222 cm³/mol. The Morgan fingerprint density at radius 3 is 1.55 bits per heavy atom. The molecule has 6 heterocycles. The van der Waals surface area contributed by atoms with Crippen molar-refractivity contribution in [1.82, 2.24) is 38.7 Å². The summed E-state index contributed by atoms with van der Waals surface area (Å²) in [7, 11) is 3.97. The lowest BCUT2D eigenvalue weighted by Gasteiger charge is -2.34. The number of primary amides is 1. The van der Waals surface area contributed by atoms with E-state index in [4.69, 9.17) is 15.7 Å². The second-order valence-corrected chi connectivity index (χ2v) is 15.2. The van der Waals surface area contributed by atoms with Crippen molar-refractivity contribution in [2.24, 2.45) is 5.73 Å². The first-order valence-corrected chi connectivity index (χ1v) is 19.5. The third-order valence-electron chi connectivity index (χ3n) is 11.0. The number of hydrogen-bond donors (Lipinski definition) is 3. The number of anilines is 4. The molecule has 6 aromatic rings. The van der Waals surface area contributed by atoms with Gasteiger partial charge in [-0.15, -0.1) is 0 Å². The monoisotopic (exact) mass is 785 g/mol. The van der Waals surface area contributed by atoms with Gasteiger partial charge in [-0.2, -0.15) is 10.2 Å². The molecule has 17 nitrogen and oxygen atoms in total. The van der Waals surface area contributed by atoms with Gasteiger partial charge in [0, 0.05) is 51.4 Å². The number of nitrogens with one attached hydrogen (secondary N) is 2. The van der Waals surface area contributed by atoms with Gasteiger partial charge in [0.05, 0.1) is 56.9 Å². The van der Waals surface area contributed by atoms with Crippen molar-refractivity contribution in [3.63, 3.8) is 0 Å². The minimum atomic E-state index is -0.560. The lowest BCUT2D eigenvalue weighted by Crippen LogP contribution is -2.33. The van der Waals surface area contributed by atoms with Crippen LogP contribution in [0.25, 0.3) is 22.1 Å². The number of aromatic nitrogens is 8. The van der Waals surface area contributed by atoms with Crippen molar-refractivity contribution >= 4 is 68.8 Å². The number of allylic oxidation sites excluding steroid dienone is 2. The first kappa shape index (κ1) is 38.1. The number of carbonyl (C=O) groups is 4. The van der Waals surface area contributed by atoms with E-state index < -0.39 is 5.91 Å². The van der Waals surface area contributed by atoms with Gasteiger partial charge < -0.3 is 24.7 Å². The Morgan fingerprint density at radius 1 is 0.707 bits per heavy atom. The fraction of sp³-hybridized carbons (Fsp3) is 0.366. The number of benzene rings is 2. The number of rotatable bonds is 12. The quantitative estimate of drug-likeness (QED) is 0.109. The molecule has 0 fully saturated rings. The molecule has 3 amide bonds. The van der Waals surface area contributed by atoms with Crippen LogP contribution in [-0.4, -0.2) is 89.4 Å². The van der Waals surface area contributed by atoms with E-state index in [1.807, 2.05) is 52.4 Å². The number of hydrogen-bond acceptors (Lipinski definition) is 10. The highest BCUT2D eigenvalue weighted by atomic mass is 16.2. The molecule has 17 heteroatoms. The first-order chi connectivity index (χ1) is 27.8. The molecule has 300 valence electrons. The Hall–Kier alpha value is -6.78. The summed E-state index contributed by atoms with van der Waals surface area (Å²) < 4.78 is 7.45. The van der Waals surface area contributed by atoms with Crippen molar-refractivity contribution in [3.8, 4) is 0 Å². The van der Waals surface area contributed by atoms with Gasteiger partial charge in [0.25, 0.3) is 11.8 Å². The number of aryl methyl sites for hydroxylation is 4. The second-order valence-electron chi connectivity index (χ2n) is 15.2. The molecule has 4 aromatic heterocycles. The summed E-state index contributed by atoms with van der Waals surface area (Å²) in [6.07, 6.45) is 5.49. The summed E-state index contributed by atoms with van der Waals surface area (Å²) in [5.74, 6) is -0.508. The molecule has 2 aliphatic heterocycles. The van der Waals surface area contributed by atoms with Crippen LogP contribution >= 0.6 is 0 Å². The number of ketones is 1. The Balaban J connectivity index is 1.11. The molecule has 0 aliphatic carbocycles. The largest absolute Gasteiger partial charge is 0.371 e. The fourth-order valence-electron chi connectivity index (χ4n) is 8.36. The highest BCUT2D eigenvalue weighted by molar-refractivity contribution is 6.07. The van der Waals surface area contributed by atoms with E-state index in [1.54, 1.807) is 39.7 Å². The molecule has 0 saturated carbocycles. The Labute approximate surface area is 334 Å². The Morgan fingerprint density at radius 2 is 1.14 bits per heavy atom. The Bertz CT molecular complexity index is 2510. The van der Waals surface area contributed by atoms with Crippen molar-refractivity contribution in [3.05, 3.63) is 82.5 Å². The number of likely N-dealkylation sites (N-methyl/N-ethyl adjacent to an activating group) is 2. The van der Waals surface area contributed by atoms with Gasteiger partial charge in [0.1, 0.15) is 11.4 Å². The van der Waals surface area contributed by atoms with Gasteiger partial charge in [-0.1, -0.05) is 12.2 Å². The van der Waals surface area contributed by atoms with Crippen molar-refractivity contribution in [2.75, 3.05) is 47.6 Å². The van der Waals surface area contributed by atoms with Gasteiger partial charge in [0.2, 0.25) is 17.8 Å². The molecule has 0 unspecified atom stereocenters. The molecule has 2 atom stereocenters. The van der Waals surface area contributed by atoms with E-state index in [9.17, 15) is 19.2 Å². The predicted octanol–water partition coefficient (Wildman–Crippen LogP) is 5.26. The van der Waals surface area contributed by atoms with Gasteiger partial charge >= 0.3 is 0 Å². The fourth-order valence-corrected chi connectivity index (χ4v) is 8.36. The maximum Gasteiger partial charge on any atom is 0.276 e. The standard InChI is InChI=1S/C41H47N13O4/c1-8-51-33(14-22(3)47-51)38(57)45-40-43-29-16-25(24(5)55)18-31-35(29)53(40)27(20-49(31)6)12-10-11-13-28-21-50(7)32-19-26(37(42)56)17-30-36(32)54(28)41(44-30)46-39(58)34-15-23(4)48-52(34)9-2/h10-11,14-19,27-28H,8-9,12-13,20-21H2,1-7H3,(H2,42,56)(H,43,45,57)(H,44,46,58)/b11-10+/t27-,28-/m0/s1. The van der Waals surface area contributed by atoms with Crippen molar-refractivity contribution in [1.29, 1.82) is 0 Å². The van der Waals surface area contributed by atoms with Crippen LogP contribution in [0, 0.1) is 13.8 Å². The third kappa shape index (κ3) is 6.55. The Kier molecular flexibility index (Phi) is 9.61. The van der Waals surface area contributed by atoms with Crippen LogP contribution in [0.5, 0.6) is 0 Å². The minimum Gasteiger partial charge on any atom is -0.371 e. The molecule has 0 saturated heterocycles. The summed E-state index contributed by atoms with van der Waals surface area (Å²) in [5.41, 5.74) is 13.4. The van der Waals surface area contributed by atoms with E-state index in [2.05, 4.69) is 47.3 Å². The summed E-state index contributed by atoms with van der Waals surface area (Å²) in [6, 6.07) is 10.4. The molecular formula is C41H47N13O4. The molecule has 0 spiro atoms. The molecule has 58 heavy (non-hydrogen) atoms. The molecule has 0 radical (unpaired) electrons. The first-order valence-electron chi connectivity index (χ1n) is 19.5. The maximum atomic E-state index is 13.7. The van der Waals surface area contributed by atoms with Gasteiger partial charge in [0.15, 0.2) is 5.78 Å². The number of nitrogens with two attached hydrogens (primary N) is 1. The van der Waals surface area contributed by atoms with E-state index in [0.29, 0.717) is 84.5 Å². The van der Waals surface area contributed by atoms with Crippen LogP contribution in [0.1, 0.15) is 98.8 Å². The third-order valence-corrected chi connectivity index (χ3v) is 11.0.